The smallest absolute Gasteiger partial charge is 0.146 e. The third kappa shape index (κ3) is 3.57. The molecule has 92 valence electrons. The molecule has 0 radical (unpaired) electrons. The minimum Gasteiger partial charge on any atom is -0.395 e. The van der Waals surface area contributed by atoms with Crippen LogP contribution in [0.2, 0.25) is 0 Å². The number of nitrogens with zero attached hydrogens (tertiary/aromatic N) is 4. The van der Waals surface area contributed by atoms with Crippen molar-refractivity contribution in [3.63, 3.8) is 0 Å². The van der Waals surface area contributed by atoms with E-state index < -0.39 is 0 Å². The molecule has 0 unspecified atom stereocenters. The lowest BCUT2D eigenvalue weighted by molar-refractivity contribution is 0.184. The Morgan fingerprint density at radius 1 is 1.31 bits per heavy atom. The molecule has 1 aromatic rings. The summed E-state index contributed by atoms with van der Waals surface area (Å²) in [6, 6.07) is 0. The van der Waals surface area contributed by atoms with Crippen LogP contribution in [0.15, 0.2) is 0 Å². The summed E-state index contributed by atoms with van der Waals surface area (Å²) in [6.45, 7) is 6.77. The summed E-state index contributed by atoms with van der Waals surface area (Å²) in [7, 11) is 1.97. The third-order valence-corrected chi connectivity index (χ3v) is 2.79. The summed E-state index contributed by atoms with van der Waals surface area (Å²) in [4.78, 5) is 2.22. The highest BCUT2D eigenvalue weighted by Crippen LogP contribution is 2.04. The molecule has 1 aromatic heterocycles. The van der Waals surface area contributed by atoms with Crippen LogP contribution in [0.4, 0.5) is 0 Å². The molecule has 0 aliphatic rings. The quantitative estimate of drug-likeness (QED) is 0.744. The molecule has 0 amide bonds. The van der Waals surface area contributed by atoms with Gasteiger partial charge in [0.1, 0.15) is 11.6 Å². The summed E-state index contributed by atoms with van der Waals surface area (Å²) < 4.78 is 2.00. The number of aliphatic hydroxyl groups is 1. The van der Waals surface area contributed by atoms with Crippen molar-refractivity contribution < 1.29 is 5.11 Å². The molecule has 1 N–H and O–H groups in total. The van der Waals surface area contributed by atoms with Gasteiger partial charge in [0.15, 0.2) is 0 Å². The van der Waals surface area contributed by atoms with Crippen LogP contribution in [0, 0.1) is 6.92 Å². The van der Waals surface area contributed by atoms with E-state index in [-0.39, 0.29) is 6.61 Å². The predicted octanol–water partition coefficient (Wildman–Crippen LogP) is 0.718. The maximum atomic E-state index is 9.00. The lowest BCUT2D eigenvalue weighted by Gasteiger charge is -2.20. The fourth-order valence-electron chi connectivity index (χ4n) is 1.58. The van der Waals surface area contributed by atoms with E-state index in [1.165, 1.54) is 6.42 Å². The molecule has 0 saturated heterocycles. The van der Waals surface area contributed by atoms with Gasteiger partial charge in [-0.1, -0.05) is 13.3 Å². The van der Waals surface area contributed by atoms with Gasteiger partial charge in [-0.05, 0) is 19.9 Å². The fourth-order valence-corrected chi connectivity index (χ4v) is 1.58. The molecule has 0 fully saturated rings. The first-order chi connectivity index (χ1) is 7.69. The van der Waals surface area contributed by atoms with Gasteiger partial charge >= 0.3 is 0 Å². The molecule has 0 saturated carbocycles. The molecule has 5 heteroatoms. The Labute approximate surface area is 97.1 Å². The Hall–Kier alpha value is -0.940. The van der Waals surface area contributed by atoms with Crippen LogP contribution in [0.3, 0.4) is 0 Å². The van der Waals surface area contributed by atoms with Crippen LogP contribution in [-0.2, 0) is 13.6 Å². The second kappa shape index (κ2) is 6.60. The number of aryl methyl sites for hydroxylation is 1. The molecule has 0 aliphatic carbocycles. The van der Waals surface area contributed by atoms with Crippen LogP contribution in [0.5, 0.6) is 0 Å². The molecular formula is C11H22N4O. The van der Waals surface area contributed by atoms with E-state index in [2.05, 4.69) is 22.0 Å². The Morgan fingerprint density at radius 2 is 2.06 bits per heavy atom. The second-order valence-electron chi connectivity index (χ2n) is 4.08. The highest BCUT2D eigenvalue weighted by atomic mass is 16.3. The molecular weight excluding hydrogens is 204 g/mol. The summed E-state index contributed by atoms with van der Waals surface area (Å²) in [6.07, 6.45) is 2.32. The second-order valence-corrected chi connectivity index (χ2v) is 4.08. The van der Waals surface area contributed by atoms with E-state index >= 15 is 0 Å². The largest absolute Gasteiger partial charge is 0.395 e. The number of unbranched alkanes of at least 4 members (excludes halogenated alkanes) is 1. The Bertz CT molecular complexity index is 311. The van der Waals surface area contributed by atoms with Crippen LogP contribution in [0.1, 0.15) is 31.4 Å². The van der Waals surface area contributed by atoms with E-state index in [1.807, 2.05) is 18.5 Å². The average molecular weight is 226 g/mol. The molecule has 1 heterocycles. The number of aromatic nitrogens is 3. The minimum absolute atomic E-state index is 0.195. The van der Waals surface area contributed by atoms with Crippen molar-refractivity contribution in [3.05, 3.63) is 11.6 Å². The normalized spacial score (nSPS) is 11.3. The van der Waals surface area contributed by atoms with Gasteiger partial charge in [-0.2, -0.15) is 0 Å². The van der Waals surface area contributed by atoms with Gasteiger partial charge in [0.25, 0.3) is 0 Å². The van der Waals surface area contributed by atoms with E-state index in [9.17, 15) is 0 Å². The number of hydrogen-bond acceptors (Lipinski definition) is 4. The zero-order chi connectivity index (χ0) is 12.0. The third-order valence-electron chi connectivity index (χ3n) is 2.79. The van der Waals surface area contributed by atoms with Crippen LogP contribution in [0.25, 0.3) is 0 Å². The molecule has 16 heavy (non-hydrogen) atoms. The highest BCUT2D eigenvalue weighted by Gasteiger charge is 2.10. The summed E-state index contributed by atoms with van der Waals surface area (Å²) in [5.74, 6) is 1.89. The summed E-state index contributed by atoms with van der Waals surface area (Å²) in [5, 5.41) is 17.2. The van der Waals surface area contributed by atoms with Gasteiger partial charge in [-0.3, -0.25) is 4.90 Å². The molecule has 0 bridgehead atoms. The lowest BCUT2D eigenvalue weighted by atomic mass is 10.3. The maximum absolute atomic E-state index is 9.00. The minimum atomic E-state index is 0.195. The monoisotopic (exact) mass is 226 g/mol. The summed E-state index contributed by atoms with van der Waals surface area (Å²) in [5.41, 5.74) is 0. The van der Waals surface area contributed by atoms with Gasteiger partial charge in [-0.25, -0.2) is 0 Å². The first-order valence-electron chi connectivity index (χ1n) is 5.87. The zero-order valence-corrected chi connectivity index (χ0v) is 10.5. The van der Waals surface area contributed by atoms with Gasteiger partial charge in [0.2, 0.25) is 0 Å². The van der Waals surface area contributed by atoms with Crippen molar-refractivity contribution >= 4 is 0 Å². The zero-order valence-electron chi connectivity index (χ0n) is 10.5. The van der Waals surface area contributed by atoms with Crippen molar-refractivity contribution in [1.29, 1.82) is 0 Å². The van der Waals surface area contributed by atoms with Crippen molar-refractivity contribution in [2.75, 3.05) is 19.7 Å². The van der Waals surface area contributed by atoms with Gasteiger partial charge < -0.3 is 9.67 Å². The van der Waals surface area contributed by atoms with E-state index in [0.29, 0.717) is 6.54 Å². The standard InChI is InChI=1S/C11H22N4O/c1-4-5-6-15(7-8-16)9-11-13-12-10(2)14(11)3/h16H,4-9H2,1-3H3. The van der Waals surface area contributed by atoms with E-state index in [1.54, 1.807) is 0 Å². The fraction of sp³-hybridized carbons (Fsp3) is 0.818. The van der Waals surface area contributed by atoms with Crippen LogP contribution >= 0.6 is 0 Å². The summed E-state index contributed by atoms with van der Waals surface area (Å²) >= 11 is 0. The average Bonchev–Trinajstić information content (AvgIpc) is 2.58. The lowest BCUT2D eigenvalue weighted by Crippen LogP contribution is -2.28. The van der Waals surface area contributed by atoms with Gasteiger partial charge in [0, 0.05) is 13.6 Å². The number of aliphatic hydroxyl groups excluding tert-OH is 1. The van der Waals surface area contributed by atoms with Gasteiger partial charge in [-0.15, -0.1) is 10.2 Å². The maximum Gasteiger partial charge on any atom is 0.146 e. The molecule has 5 nitrogen and oxygen atoms in total. The van der Waals surface area contributed by atoms with Crippen LogP contribution in [-0.4, -0.2) is 44.5 Å². The topological polar surface area (TPSA) is 54.2 Å². The molecule has 0 aromatic carbocycles. The molecule has 0 spiro atoms. The van der Waals surface area contributed by atoms with Crippen molar-refractivity contribution in [2.45, 2.75) is 33.2 Å². The Balaban J connectivity index is 2.56. The number of hydrogen-bond donors (Lipinski definition) is 1. The van der Waals surface area contributed by atoms with Crippen molar-refractivity contribution in [3.8, 4) is 0 Å². The highest BCUT2D eigenvalue weighted by molar-refractivity contribution is 4.92. The van der Waals surface area contributed by atoms with E-state index in [0.717, 1.165) is 31.2 Å². The molecule has 0 atom stereocenters. The van der Waals surface area contributed by atoms with Crippen molar-refractivity contribution in [1.82, 2.24) is 19.7 Å². The first kappa shape index (κ1) is 13.1. The SMILES string of the molecule is CCCCN(CCO)Cc1nnc(C)n1C. The Kier molecular flexibility index (Phi) is 5.42. The molecule has 0 aliphatic heterocycles. The first-order valence-corrected chi connectivity index (χ1v) is 5.87. The van der Waals surface area contributed by atoms with Crippen LogP contribution < -0.4 is 0 Å². The van der Waals surface area contributed by atoms with E-state index in [4.69, 9.17) is 5.11 Å². The number of rotatable bonds is 7. The molecule has 1 rings (SSSR count). The van der Waals surface area contributed by atoms with Crippen molar-refractivity contribution in [2.24, 2.45) is 7.05 Å². The van der Waals surface area contributed by atoms with Gasteiger partial charge in [0.05, 0.1) is 13.2 Å². The Morgan fingerprint density at radius 3 is 2.56 bits per heavy atom. The predicted molar refractivity (Wildman–Crippen MR) is 63.0 cm³/mol.